The van der Waals surface area contributed by atoms with Crippen LogP contribution in [-0.4, -0.2) is 35.7 Å². The topological polar surface area (TPSA) is 66.5 Å². The van der Waals surface area contributed by atoms with Crippen LogP contribution in [0.15, 0.2) is 60.7 Å². The van der Waals surface area contributed by atoms with Crippen molar-refractivity contribution < 1.29 is 18.8 Å². The minimum atomic E-state index is -0.360. The first-order valence-corrected chi connectivity index (χ1v) is 8.93. The molecule has 4 rings (SSSR count). The van der Waals surface area contributed by atoms with E-state index in [4.69, 9.17) is 0 Å². The number of rotatable bonds is 5. The zero-order valence-electron chi connectivity index (χ0n) is 14.9. The molecule has 1 aliphatic rings. The van der Waals surface area contributed by atoms with E-state index in [-0.39, 0.29) is 43.0 Å². The van der Waals surface area contributed by atoms with Gasteiger partial charge >= 0.3 is 0 Å². The highest BCUT2D eigenvalue weighted by molar-refractivity contribution is 6.25. The van der Waals surface area contributed by atoms with Crippen LogP contribution in [0.3, 0.4) is 0 Å². The molecule has 0 aromatic heterocycles. The van der Waals surface area contributed by atoms with E-state index < -0.39 is 0 Å². The lowest BCUT2D eigenvalue weighted by molar-refractivity contribution is -0.120. The highest BCUT2D eigenvalue weighted by Gasteiger charge is 2.32. The summed E-state index contributed by atoms with van der Waals surface area (Å²) in [5.74, 6) is -1.34. The van der Waals surface area contributed by atoms with Crippen LogP contribution in [0.2, 0.25) is 0 Å². The molecule has 0 fully saturated rings. The smallest absolute Gasteiger partial charge is 0.261 e. The molecule has 0 radical (unpaired) electrons. The first-order chi connectivity index (χ1) is 13.5. The molecule has 1 heterocycles. The second kappa shape index (κ2) is 7.23. The summed E-state index contributed by atoms with van der Waals surface area (Å²) >= 11 is 0. The normalized spacial score (nSPS) is 13.1. The predicted molar refractivity (Wildman–Crippen MR) is 102 cm³/mol. The molecule has 0 saturated carbocycles. The van der Waals surface area contributed by atoms with Gasteiger partial charge in [-0.1, -0.05) is 36.4 Å². The Kier molecular flexibility index (Phi) is 4.61. The molecule has 140 valence electrons. The molecule has 1 aliphatic heterocycles. The first kappa shape index (κ1) is 17.9. The van der Waals surface area contributed by atoms with E-state index >= 15 is 0 Å². The van der Waals surface area contributed by atoms with Crippen molar-refractivity contribution in [1.82, 2.24) is 10.2 Å². The van der Waals surface area contributed by atoms with Gasteiger partial charge in [-0.15, -0.1) is 0 Å². The maximum Gasteiger partial charge on any atom is 0.261 e. The number of hydrogen-bond donors (Lipinski definition) is 1. The van der Waals surface area contributed by atoms with Crippen LogP contribution < -0.4 is 5.32 Å². The Bertz CT molecular complexity index is 1040. The quantitative estimate of drug-likeness (QED) is 0.697. The van der Waals surface area contributed by atoms with Crippen LogP contribution in [-0.2, 0) is 11.2 Å². The van der Waals surface area contributed by atoms with Crippen LogP contribution in [0.25, 0.3) is 10.8 Å². The fraction of sp³-hybridized carbons (Fsp3) is 0.136. The second-order valence-corrected chi connectivity index (χ2v) is 6.62. The summed E-state index contributed by atoms with van der Waals surface area (Å²) in [6.45, 7) is 0.229. The number of nitrogens with zero attached hydrogens (tertiary/aromatic N) is 1. The molecule has 0 spiro atoms. The van der Waals surface area contributed by atoms with Gasteiger partial charge in [0, 0.05) is 29.6 Å². The summed E-state index contributed by atoms with van der Waals surface area (Å²) < 4.78 is 12.9. The van der Waals surface area contributed by atoms with Gasteiger partial charge in [-0.05, 0) is 35.2 Å². The molecule has 28 heavy (non-hydrogen) atoms. The van der Waals surface area contributed by atoms with E-state index in [0.717, 1.165) is 10.3 Å². The van der Waals surface area contributed by atoms with Crippen molar-refractivity contribution in [2.24, 2.45) is 0 Å². The van der Waals surface area contributed by atoms with Crippen LogP contribution >= 0.6 is 0 Å². The Hall–Kier alpha value is -3.54. The van der Waals surface area contributed by atoms with E-state index in [1.807, 2.05) is 12.1 Å². The van der Waals surface area contributed by atoms with E-state index in [9.17, 15) is 18.8 Å². The largest absolute Gasteiger partial charge is 0.354 e. The van der Waals surface area contributed by atoms with E-state index in [2.05, 4.69) is 5.32 Å². The van der Waals surface area contributed by atoms with Gasteiger partial charge in [0.2, 0.25) is 5.91 Å². The molecule has 6 heteroatoms. The van der Waals surface area contributed by atoms with Crippen molar-refractivity contribution in [1.29, 1.82) is 0 Å². The lowest BCUT2D eigenvalue weighted by atomic mass is 9.94. The lowest BCUT2D eigenvalue weighted by Gasteiger charge is -2.27. The third-order valence-electron chi connectivity index (χ3n) is 4.79. The van der Waals surface area contributed by atoms with Gasteiger partial charge in [-0.25, -0.2) is 4.39 Å². The number of benzene rings is 3. The molecule has 0 saturated heterocycles. The Morgan fingerprint density at radius 1 is 0.893 bits per heavy atom. The molecule has 3 amide bonds. The van der Waals surface area contributed by atoms with Gasteiger partial charge in [0.15, 0.2) is 0 Å². The highest BCUT2D eigenvalue weighted by Crippen LogP contribution is 2.29. The number of carbonyl (C=O) groups is 3. The molecule has 1 N–H and O–H groups in total. The molecule has 0 aliphatic carbocycles. The van der Waals surface area contributed by atoms with Crippen LogP contribution in [0.4, 0.5) is 4.39 Å². The molecule has 0 bridgehead atoms. The van der Waals surface area contributed by atoms with E-state index in [0.29, 0.717) is 22.1 Å². The summed E-state index contributed by atoms with van der Waals surface area (Å²) in [6, 6.07) is 16.4. The van der Waals surface area contributed by atoms with Crippen LogP contribution in [0.1, 0.15) is 26.3 Å². The summed E-state index contributed by atoms with van der Waals surface area (Å²) in [5, 5.41) is 4.23. The van der Waals surface area contributed by atoms with Gasteiger partial charge in [0.05, 0.1) is 6.42 Å². The lowest BCUT2D eigenvalue weighted by Crippen LogP contribution is -2.44. The number of halogens is 1. The maximum absolute atomic E-state index is 12.9. The monoisotopic (exact) mass is 376 g/mol. The SMILES string of the molecule is O=C(Cc1ccc(F)cc1)NCCN1C(=O)c2cccc3cccc(c23)C1=O. The minimum absolute atomic E-state index is 0.0809. The summed E-state index contributed by atoms with van der Waals surface area (Å²) in [7, 11) is 0. The molecule has 3 aromatic rings. The minimum Gasteiger partial charge on any atom is -0.354 e. The average Bonchev–Trinajstić information content (AvgIpc) is 2.70. The van der Waals surface area contributed by atoms with Crippen molar-refractivity contribution in [2.45, 2.75) is 6.42 Å². The number of imide groups is 1. The average molecular weight is 376 g/mol. The molecular weight excluding hydrogens is 359 g/mol. The third-order valence-corrected chi connectivity index (χ3v) is 4.79. The van der Waals surface area contributed by atoms with Crippen molar-refractivity contribution in [3.63, 3.8) is 0 Å². The number of hydrogen-bond acceptors (Lipinski definition) is 3. The van der Waals surface area contributed by atoms with Gasteiger partial charge in [0.25, 0.3) is 11.8 Å². The van der Waals surface area contributed by atoms with Crippen molar-refractivity contribution >= 4 is 28.5 Å². The van der Waals surface area contributed by atoms with Gasteiger partial charge in [-0.3, -0.25) is 19.3 Å². The first-order valence-electron chi connectivity index (χ1n) is 8.93. The van der Waals surface area contributed by atoms with Gasteiger partial charge in [-0.2, -0.15) is 0 Å². The Morgan fingerprint density at radius 2 is 1.50 bits per heavy atom. The van der Waals surface area contributed by atoms with Crippen molar-refractivity contribution in [2.75, 3.05) is 13.1 Å². The van der Waals surface area contributed by atoms with E-state index in [1.165, 1.54) is 12.1 Å². The van der Waals surface area contributed by atoms with Crippen molar-refractivity contribution in [3.8, 4) is 0 Å². The number of amides is 3. The molecule has 3 aromatic carbocycles. The van der Waals surface area contributed by atoms with Gasteiger partial charge < -0.3 is 5.32 Å². The van der Waals surface area contributed by atoms with Crippen molar-refractivity contribution in [3.05, 3.63) is 83.2 Å². The molecular formula is C22H17FN2O3. The Morgan fingerprint density at radius 3 is 2.11 bits per heavy atom. The Labute approximate surface area is 160 Å². The third kappa shape index (κ3) is 3.24. The summed E-state index contributed by atoms with van der Waals surface area (Å²) in [6.07, 6.45) is 0.102. The summed E-state index contributed by atoms with van der Waals surface area (Å²) in [4.78, 5) is 38.8. The maximum atomic E-state index is 12.9. The number of nitrogens with one attached hydrogen (secondary N) is 1. The fourth-order valence-electron chi connectivity index (χ4n) is 3.44. The molecule has 0 atom stereocenters. The summed E-state index contributed by atoms with van der Waals surface area (Å²) in [5.41, 5.74) is 1.67. The fourth-order valence-corrected chi connectivity index (χ4v) is 3.44. The molecule has 0 unspecified atom stereocenters. The molecule has 5 nitrogen and oxygen atoms in total. The van der Waals surface area contributed by atoms with Crippen LogP contribution in [0, 0.1) is 5.82 Å². The standard InChI is InChI=1S/C22H17FN2O3/c23-16-9-7-14(8-10-16)13-19(26)24-11-12-25-21(27)17-5-1-3-15-4-2-6-18(20(15)17)22(25)28/h1-10H,11-13H2,(H,24,26). The van der Waals surface area contributed by atoms with Crippen LogP contribution in [0.5, 0.6) is 0 Å². The second-order valence-electron chi connectivity index (χ2n) is 6.62. The van der Waals surface area contributed by atoms with E-state index in [1.54, 1.807) is 36.4 Å². The Balaban J connectivity index is 1.43. The highest BCUT2D eigenvalue weighted by atomic mass is 19.1. The van der Waals surface area contributed by atoms with Gasteiger partial charge in [0.1, 0.15) is 5.82 Å². The predicted octanol–water partition coefficient (Wildman–Crippen LogP) is 2.93. The zero-order valence-corrected chi connectivity index (χ0v) is 14.9. The zero-order chi connectivity index (χ0) is 19.7. The number of carbonyl (C=O) groups excluding carboxylic acids is 3.